The molecule has 12 heavy (non-hydrogen) atoms. The summed E-state index contributed by atoms with van der Waals surface area (Å²) in [7, 11) is 0. The monoisotopic (exact) mass is 167 g/mol. The second kappa shape index (κ2) is 3.07. The molecule has 0 aromatic heterocycles. The maximum absolute atomic E-state index is 5.56. The Morgan fingerprint density at radius 2 is 2.42 bits per heavy atom. The van der Waals surface area contributed by atoms with Gasteiger partial charge in [-0.2, -0.15) is 0 Å². The number of nitrogens with two attached hydrogens (primary N) is 1. The fraction of sp³-hybridized carbons (Fsp3) is 0.778. The van der Waals surface area contributed by atoms with Crippen LogP contribution >= 0.6 is 0 Å². The van der Waals surface area contributed by atoms with E-state index >= 15 is 0 Å². The molecule has 2 rings (SSSR count). The van der Waals surface area contributed by atoms with Crippen LogP contribution in [-0.2, 0) is 0 Å². The molecule has 2 aliphatic rings. The second-order valence-corrected chi connectivity index (χ2v) is 3.73. The van der Waals surface area contributed by atoms with Gasteiger partial charge in [0.2, 0.25) is 0 Å². The van der Waals surface area contributed by atoms with Crippen LogP contribution in [0, 0.1) is 0 Å². The number of fused-ring (bicyclic) bond motifs is 2. The summed E-state index contributed by atoms with van der Waals surface area (Å²) in [6.07, 6.45) is 1.29. The maximum Gasteiger partial charge on any atom is 0.0427 e. The quantitative estimate of drug-likeness (QED) is 0.621. The average molecular weight is 167 g/mol. The van der Waals surface area contributed by atoms with Crippen LogP contribution in [0.2, 0.25) is 0 Å². The molecule has 0 spiro atoms. The van der Waals surface area contributed by atoms with Crippen LogP contribution in [0.15, 0.2) is 12.3 Å². The lowest BCUT2D eigenvalue weighted by Crippen LogP contribution is -2.46. The molecule has 68 valence electrons. The van der Waals surface area contributed by atoms with Crippen LogP contribution < -0.4 is 5.73 Å². The van der Waals surface area contributed by atoms with Gasteiger partial charge in [0, 0.05) is 44.5 Å². The first kappa shape index (κ1) is 8.08. The molecule has 0 radical (unpaired) electrons. The van der Waals surface area contributed by atoms with Crippen molar-refractivity contribution in [2.75, 3.05) is 32.7 Å². The van der Waals surface area contributed by atoms with Gasteiger partial charge in [-0.05, 0) is 6.42 Å². The summed E-state index contributed by atoms with van der Waals surface area (Å²) in [5.41, 5.74) is 6.81. The molecule has 2 saturated heterocycles. The Labute approximate surface area is 73.8 Å². The predicted molar refractivity (Wildman–Crippen MR) is 49.7 cm³/mol. The van der Waals surface area contributed by atoms with Crippen molar-refractivity contribution in [2.24, 2.45) is 5.73 Å². The third kappa shape index (κ3) is 1.23. The molecular weight excluding hydrogens is 150 g/mol. The molecule has 2 N–H and O–H groups in total. The highest BCUT2D eigenvalue weighted by atomic mass is 15.3. The minimum Gasteiger partial charge on any atom is -0.369 e. The zero-order valence-electron chi connectivity index (χ0n) is 7.50. The summed E-state index contributed by atoms with van der Waals surface area (Å²) in [6.45, 7) is 9.33. The Bertz CT molecular complexity index is 190. The first-order chi connectivity index (χ1) is 5.81. The summed E-state index contributed by atoms with van der Waals surface area (Å²) < 4.78 is 0. The van der Waals surface area contributed by atoms with Crippen LogP contribution in [-0.4, -0.2) is 48.6 Å². The smallest absolute Gasteiger partial charge is 0.0427 e. The minimum atomic E-state index is 0.704. The summed E-state index contributed by atoms with van der Waals surface area (Å²) in [5.74, 6) is 0. The lowest BCUT2D eigenvalue weighted by Gasteiger charge is -2.37. The first-order valence-corrected chi connectivity index (χ1v) is 4.68. The zero-order chi connectivity index (χ0) is 8.55. The molecule has 0 saturated carbocycles. The van der Waals surface area contributed by atoms with E-state index in [0.29, 0.717) is 6.04 Å². The van der Waals surface area contributed by atoms with E-state index in [4.69, 9.17) is 5.73 Å². The van der Waals surface area contributed by atoms with E-state index in [1.165, 1.54) is 25.2 Å². The first-order valence-electron chi connectivity index (χ1n) is 4.68. The van der Waals surface area contributed by atoms with Crippen molar-refractivity contribution in [3.8, 4) is 0 Å². The average Bonchev–Trinajstić information content (AvgIpc) is 2.43. The van der Waals surface area contributed by atoms with Crippen molar-refractivity contribution < 1.29 is 0 Å². The Morgan fingerprint density at radius 3 is 3.17 bits per heavy atom. The summed E-state index contributed by atoms with van der Waals surface area (Å²) in [4.78, 5) is 4.86. The number of rotatable bonds is 2. The highest BCUT2D eigenvalue weighted by molar-refractivity contribution is 5.07. The van der Waals surface area contributed by atoms with E-state index in [9.17, 15) is 0 Å². The van der Waals surface area contributed by atoms with Crippen molar-refractivity contribution in [1.29, 1.82) is 0 Å². The van der Waals surface area contributed by atoms with Gasteiger partial charge in [0.05, 0.1) is 0 Å². The summed E-state index contributed by atoms with van der Waals surface area (Å²) >= 11 is 0. The fourth-order valence-electron chi connectivity index (χ4n) is 2.30. The van der Waals surface area contributed by atoms with Crippen molar-refractivity contribution in [3.05, 3.63) is 12.3 Å². The summed E-state index contributed by atoms with van der Waals surface area (Å²) in [5, 5.41) is 0. The third-order valence-electron chi connectivity index (χ3n) is 2.87. The standard InChI is InChI=1S/C9H17N3/c1-8-6-11-4-2-9(7-11)12(8)5-3-10/h9H,1-7,10H2. The lowest BCUT2D eigenvalue weighted by atomic mass is 10.2. The van der Waals surface area contributed by atoms with Gasteiger partial charge < -0.3 is 10.6 Å². The van der Waals surface area contributed by atoms with Crippen molar-refractivity contribution >= 4 is 0 Å². The molecule has 0 aromatic carbocycles. The lowest BCUT2D eigenvalue weighted by molar-refractivity contribution is 0.190. The number of nitrogens with zero attached hydrogens (tertiary/aromatic N) is 2. The van der Waals surface area contributed by atoms with Crippen LogP contribution in [0.4, 0.5) is 0 Å². The van der Waals surface area contributed by atoms with Crippen molar-refractivity contribution in [1.82, 2.24) is 9.80 Å². The fourth-order valence-corrected chi connectivity index (χ4v) is 2.30. The number of piperazine rings is 1. The highest BCUT2D eigenvalue weighted by Gasteiger charge is 2.33. The van der Waals surface area contributed by atoms with E-state index < -0.39 is 0 Å². The minimum absolute atomic E-state index is 0.704. The Balaban J connectivity index is 2.05. The Kier molecular flexibility index (Phi) is 2.07. The third-order valence-corrected chi connectivity index (χ3v) is 2.87. The normalized spacial score (nSPS) is 34.4. The molecule has 0 aliphatic carbocycles. The van der Waals surface area contributed by atoms with Crippen molar-refractivity contribution in [2.45, 2.75) is 12.5 Å². The molecule has 2 heterocycles. The molecule has 2 unspecified atom stereocenters. The number of hydrogen-bond donors (Lipinski definition) is 1. The van der Waals surface area contributed by atoms with Gasteiger partial charge in [0.15, 0.2) is 0 Å². The molecule has 3 nitrogen and oxygen atoms in total. The molecule has 2 atom stereocenters. The molecule has 2 fully saturated rings. The van der Waals surface area contributed by atoms with E-state index in [-0.39, 0.29) is 0 Å². The van der Waals surface area contributed by atoms with E-state index in [0.717, 1.165) is 19.6 Å². The van der Waals surface area contributed by atoms with Gasteiger partial charge in [0.1, 0.15) is 0 Å². The zero-order valence-corrected chi connectivity index (χ0v) is 7.50. The molecule has 0 amide bonds. The molecular formula is C9H17N3. The van der Waals surface area contributed by atoms with E-state index in [2.05, 4.69) is 16.4 Å². The molecule has 0 aromatic rings. The van der Waals surface area contributed by atoms with Crippen molar-refractivity contribution in [3.63, 3.8) is 0 Å². The van der Waals surface area contributed by atoms with Crippen LogP contribution in [0.3, 0.4) is 0 Å². The molecule has 2 aliphatic heterocycles. The SMILES string of the molecule is C=C1CN2CCC(C2)N1CCN. The number of hydrogen-bond acceptors (Lipinski definition) is 3. The molecule has 3 heteroatoms. The largest absolute Gasteiger partial charge is 0.369 e. The van der Waals surface area contributed by atoms with E-state index in [1.54, 1.807) is 0 Å². The highest BCUT2D eigenvalue weighted by Crippen LogP contribution is 2.25. The van der Waals surface area contributed by atoms with Crippen LogP contribution in [0.5, 0.6) is 0 Å². The van der Waals surface area contributed by atoms with Gasteiger partial charge in [0.25, 0.3) is 0 Å². The Hall–Kier alpha value is -0.540. The van der Waals surface area contributed by atoms with Gasteiger partial charge >= 0.3 is 0 Å². The van der Waals surface area contributed by atoms with Gasteiger partial charge in [-0.25, -0.2) is 0 Å². The van der Waals surface area contributed by atoms with Gasteiger partial charge in [-0.1, -0.05) is 6.58 Å². The maximum atomic E-state index is 5.56. The van der Waals surface area contributed by atoms with E-state index in [1.807, 2.05) is 0 Å². The Morgan fingerprint density at radius 1 is 1.58 bits per heavy atom. The van der Waals surface area contributed by atoms with Crippen LogP contribution in [0.1, 0.15) is 6.42 Å². The van der Waals surface area contributed by atoms with Crippen LogP contribution in [0.25, 0.3) is 0 Å². The summed E-state index contributed by atoms with van der Waals surface area (Å²) in [6, 6.07) is 0.704. The topological polar surface area (TPSA) is 32.5 Å². The second-order valence-electron chi connectivity index (χ2n) is 3.73. The molecule has 2 bridgehead atoms. The van der Waals surface area contributed by atoms with Gasteiger partial charge in [-0.15, -0.1) is 0 Å². The van der Waals surface area contributed by atoms with Gasteiger partial charge in [-0.3, -0.25) is 4.90 Å². The predicted octanol–water partition coefficient (Wildman–Crippen LogP) is -0.151.